The van der Waals surface area contributed by atoms with E-state index in [0.717, 1.165) is 19.4 Å². The van der Waals surface area contributed by atoms with Crippen molar-refractivity contribution in [1.82, 2.24) is 4.31 Å². The molecule has 1 rings (SSSR count). The summed E-state index contributed by atoms with van der Waals surface area (Å²) in [4.78, 5) is 0.331. The van der Waals surface area contributed by atoms with Crippen LogP contribution in [-0.2, 0) is 10.0 Å². The molecule has 21 heavy (non-hydrogen) atoms. The number of nitrogens with zero attached hydrogens (tertiary/aromatic N) is 1. The van der Waals surface area contributed by atoms with Gasteiger partial charge in [-0.3, -0.25) is 0 Å². The number of benzene rings is 1. The van der Waals surface area contributed by atoms with Gasteiger partial charge in [0.15, 0.2) is 0 Å². The van der Waals surface area contributed by atoms with E-state index in [-0.39, 0.29) is 4.75 Å². The summed E-state index contributed by atoms with van der Waals surface area (Å²) < 4.78 is 26.1. The average molecular weight is 331 g/mol. The topological polar surface area (TPSA) is 49.4 Å². The smallest absolute Gasteiger partial charge is 0.244 e. The first-order chi connectivity index (χ1) is 9.83. The summed E-state index contributed by atoms with van der Waals surface area (Å²) in [6.45, 7) is 5.09. The number of hydrogen-bond donors (Lipinski definition) is 1. The molecular weight excluding hydrogens is 304 g/mol. The van der Waals surface area contributed by atoms with Gasteiger partial charge in [-0.25, -0.2) is 12.7 Å². The highest BCUT2D eigenvalue weighted by Gasteiger charge is 2.26. The van der Waals surface area contributed by atoms with Crippen molar-refractivity contribution in [2.75, 3.05) is 32.2 Å². The van der Waals surface area contributed by atoms with Crippen LogP contribution in [0.1, 0.15) is 26.7 Å². The Bertz CT molecular complexity index is 544. The lowest BCUT2D eigenvalue weighted by molar-refractivity contribution is 0.520. The van der Waals surface area contributed by atoms with Crippen LogP contribution < -0.4 is 5.32 Å². The molecule has 0 aliphatic carbocycles. The second-order valence-electron chi connectivity index (χ2n) is 5.23. The van der Waals surface area contributed by atoms with Gasteiger partial charge in [0.05, 0.1) is 5.69 Å². The van der Waals surface area contributed by atoms with Gasteiger partial charge in [0.2, 0.25) is 10.0 Å². The predicted octanol–water partition coefficient (Wildman–Crippen LogP) is 3.27. The number of anilines is 1. The minimum absolute atomic E-state index is 0.134. The molecule has 0 unspecified atom stereocenters. The highest BCUT2D eigenvalue weighted by Crippen LogP contribution is 2.32. The minimum atomic E-state index is -3.43. The van der Waals surface area contributed by atoms with Crippen LogP contribution in [0.3, 0.4) is 0 Å². The molecule has 0 heterocycles. The molecule has 1 aromatic carbocycles. The van der Waals surface area contributed by atoms with Gasteiger partial charge in [-0.05, 0) is 31.2 Å². The van der Waals surface area contributed by atoms with Crippen LogP contribution in [0.2, 0.25) is 0 Å². The van der Waals surface area contributed by atoms with Crippen molar-refractivity contribution >= 4 is 27.5 Å². The molecule has 0 saturated carbocycles. The third-order valence-corrected chi connectivity index (χ3v) is 7.43. The normalized spacial score (nSPS) is 12.7. The van der Waals surface area contributed by atoms with Gasteiger partial charge in [-0.15, -0.1) is 0 Å². The van der Waals surface area contributed by atoms with Gasteiger partial charge in [0.25, 0.3) is 0 Å². The fraction of sp³-hybridized carbons (Fsp3) is 0.600. The molecule has 0 atom stereocenters. The van der Waals surface area contributed by atoms with Crippen LogP contribution in [0.15, 0.2) is 29.2 Å². The van der Waals surface area contributed by atoms with Gasteiger partial charge in [0, 0.05) is 25.4 Å². The molecule has 0 bridgehead atoms. The lowest BCUT2D eigenvalue weighted by Crippen LogP contribution is -2.32. The van der Waals surface area contributed by atoms with Gasteiger partial charge in [-0.2, -0.15) is 11.8 Å². The largest absolute Gasteiger partial charge is 0.383 e. The van der Waals surface area contributed by atoms with Crippen molar-refractivity contribution in [3.63, 3.8) is 0 Å². The number of rotatable bonds is 8. The van der Waals surface area contributed by atoms with E-state index < -0.39 is 10.0 Å². The molecular formula is C15H26N2O2S2. The zero-order valence-corrected chi connectivity index (χ0v) is 15.1. The molecule has 6 heteroatoms. The van der Waals surface area contributed by atoms with E-state index in [2.05, 4.69) is 25.4 Å². The van der Waals surface area contributed by atoms with Crippen LogP contribution in [0.25, 0.3) is 0 Å². The molecule has 0 radical (unpaired) electrons. The molecule has 120 valence electrons. The first-order valence-corrected chi connectivity index (χ1v) is 9.80. The summed E-state index contributed by atoms with van der Waals surface area (Å²) in [5, 5.41) is 3.34. The Morgan fingerprint density at radius 2 is 1.76 bits per heavy atom. The molecule has 0 amide bonds. The van der Waals surface area contributed by atoms with Crippen molar-refractivity contribution in [2.24, 2.45) is 0 Å². The molecule has 0 aliphatic heterocycles. The highest BCUT2D eigenvalue weighted by molar-refractivity contribution is 8.00. The van der Waals surface area contributed by atoms with Crippen LogP contribution in [0, 0.1) is 0 Å². The maximum atomic E-state index is 12.4. The van der Waals surface area contributed by atoms with Crippen LogP contribution in [0.4, 0.5) is 5.69 Å². The zero-order valence-electron chi connectivity index (χ0n) is 13.5. The quantitative estimate of drug-likeness (QED) is 0.795. The standard InChI is InChI=1S/C15H26N2O2S2/c1-6-15(7-2,20-5)12-16-13-10-8-9-11-14(13)21(18,19)17(3)4/h8-11,16H,6-7,12H2,1-5H3. The second kappa shape index (κ2) is 7.51. The highest BCUT2D eigenvalue weighted by atomic mass is 32.2. The number of sulfonamides is 1. The Morgan fingerprint density at radius 3 is 2.24 bits per heavy atom. The molecule has 1 N–H and O–H groups in total. The van der Waals surface area contributed by atoms with Gasteiger partial charge >= 0.3 is 0 Å². The third-order valence-electron chi connectivity index (χ3n) is 3.97. The van der Waals surface area contributed by atoms with Crippen molar-refractivity contribution in [3.8, 4) is 0 Å². The predicted molar refractivity (Wildman–Crippen MR) is 92.6 cm³/mol. The lowest BCUT2D eigenvalue weighted by atomic mass is 10.0. The van der Waals surface area contributed by atoms with Gasteiger partial charge in [-0.1, -0.05) is 26.0 Å². The molecule has 4 nitrogen and oxygen atoms in total. The van der Waals surface area contributed by atoms with E-state index in [1.165, 1.54) is 4.31 Å². The Balaban J connectivity index is 3.06. The minimum Gasteiger partial charge on any atom is -0.383 e. The van der Waals surface area contributed by atoms with Crippen LogP contribution in [-0.4, -0.2) is 44.4 Å². The van der Waals surface area contributed by atoms with E-state index in [4.69, 9.17) is 0 Å². The SMILES string of the molecule is CCC(CC)(CNc1ccccc1S(=O)(=O)N(C)C)SC. The first kappa shape index (κ1) is 18.3. The molecule has 0 fully saturated rings. The van der Waals surface area contributed by atoms with Crippen molar-refractivity contribution in [3.05, 3.63) is 24.3 Å². The van der Waals surface area contributed by atoms with Crippen molar-refractivity contribution < 1.29 is 8.42 Å². The molecule has 0 spiro atoms. The van der Waals surface area contributed by atoms with E-state index >= 15 is 0 Å². The summed E-state index contributed by atoms with van der Waals surface area (Å²) >= 11 is 1.83. The summed E-state index contributed by atoms with van der Waals surface area (Å²) in [5.41, 5.74) is 0.673. The molecule has 0 saturated heterocycles. The van der Waals surface area contributed by atoms with Gasteiger partial charge in [0.1, 0.15) is 4.90 Å². The van der Waals surface area contributed by atoms with E-state index in [1.54, 1.807) is 26.2 Å². The fourth-order valence-corrected chi connectivity index (χ4v) is 4.01. The first-order valence-electron chi connectivity index (χ1n) is 7.13. The fourth-order valence-electron chi connectivity index (χ4n) is 2.15. The Morgan fingerprint density at radius 1 is 1.19 bits per heavy atom. The molecule has 0 aromatic heterocycles. The molecule has 1 aromatic rings. The summed E-state index contributed by atoms with van der Waals surface area (Å²) in [7, 11) is -0.327. The monoisotopic (exact) mass is 330 g/mol. The Kier molecular flexibility index (Phi) is 6.56. The summed E-state index contributed by atoms with van der Waals surface area (Å²) in [6, 6.07) is 7.09. The molecule has 0 aliphatic rings. The van der Waals surface area contributed by atoms with Gasteiger partial charge < -0.3 is 5.32 Å². The zero-order chi connectivity index (χ0) is 16.1. The summed E-state index contributed by atoms with van der Waals surface area (Å²) in [6.07, 6.45) is 4.19. The van der Waals surface area contributed by atoms with E-state index in [0.29, 0.717) is 10.6 Å². The van der Waals surface area contributed by atoms with E-state index in [1.807, 2.05) is 23.9 Å². The average Bonchev–Trinajstić information content (AvgIpc) is 2.49. The maximum Gasteiger partial charge on any atom is 0.244 e. The number of hydrogen-bond acceptors (Lipinski definition) is 4. The Hall–Kier alpha value is -0.720. The number of nitrogens with one attached hydrogen (secondary N) is 1. The van der Waals surface area contributed by atoms with Crippen molar-refractivity contribution in [1.29, 1.82) is 0 Å². The number of thioether (sulfide) groups is 1. The number of para-hydroxylation sites is 1. The third kappa shape index (κ3) is 4.14. The second-order valence-corrected chi connectivity index (χ2v) is 8.63. The van der Waals surface area contributed by atoms with Crippen molar-refractivity contribution in [2.45, 2.75) is 36.3 Å². The lowest BCUT2D eigenvalue weighted by Gasteiger charge is -2.30. The van der Waals surface area contributed by atoms with Crippen LogP contribution in [0.5, 0.6) is 0 Å². The van der Waals surface area contributed by atoms with Crippen LogP contribution >= 0.6 is 11.8 Å². The summed E-state index contributed by atoms with van der Waals surface area (Å²) in [5.74, 6) is 0. The van der Waals surface area contributed by atoms with E-state index in [9.17, 15) is 8.42 Å². The Labute approximate surface area is 133 Å². The maximum absolute atomic E-state index is 12.4.